The highest BCUT2D eigenvalue weighted by atomic mass is 16.7. The lowest BCUT2D eigenvalue weighted by atomic mass is 10.0. The number of ether oxygens (including phenoxy) is 2. The van der Waals surface area contributed by atoms with Crippen molar-refractivity contribution in [2.75, 3.05) is 6.54 Å². The van der Waals surface area contributed by atoms with E-state index in [1.807, 2.05) is 0 Å². The average molecular weight is 383 g/mol. The summed E-state index contributed by atoms with van der Waals surface area (Å²) in [6, 6.07) is 14.4. The summed E-state index contributed by atoms with van der Waals surface area (Å²) in [6.07, 6.45) is -1.94. The number of rotatable bonds is 8. The second kappa shape index (κ2) is 9.67. The highest BCUT2D eigenvalue weighted by molar-refractivity contribution is 6.09. The molecule has 28 heavy (non-hydrogen) atoms. The van der Waals surface area contributed by atoms with Gasteiger partial charge in [0, 0.05) is 11.1 Å². The lowest BCUT2D eigenvalue weighted by Gasteiger charge is -2.13. The molecular formula is C20H17NO7. The summed E-state index contributed by atoms with van der Waals surface area (Å²) < 4.78 is 9.58. The molecule has 1 amide bonds. The topological polar surface area (TPSA) is 119 Å². The summed E-state index contributed by atoms with van der Waals surface area (Å²) >= 11 is 0. The van der Waals surface area contributed by atoms with E-state index in [4.69, 9.17) is 9.84 Å². The zero-order chi connectivity index (χ0) is 20.5. The number of nitrogens with one attached hydrogen (secondary N) is 1. The zero-order valence-corrected chi connectivity index (χ0v) is 14.7. The van der Waals surface area contributed by atoms with Gasteiger partial charge in [-0.3, -0.25) is 9.59 Å². The summed E-state index contributed by atoms with van der Waals surface area (Å²) in [4.78, 5) is 46.3. The predicted octanol–water partition coefficient (Wildman–Crippen LogP) is 2.19. The van der Waals surface area contributed by atoms with E-state index < -0.39 is 30.7 Å². The normalized spacial score (nSPS) is 11.0. The molecule has 0 radical (unpaired) electrons. The minimum Gasteiger partial charge on any atom is -0.478 e. The van der Waals surface area contributed by atoms with Gasteiger partial charge >= 0.3 is 12.1 Å². The molecule has 0 aliphatic rings. The third kappa shape index (κ3) is 5.80. The Balaban J connectivity index is 1.96. The number of hydrogen-bond acceptors (Lipinski definition) is 6. The summed E-state index contributed by atoms with van der Waals surface area (Å²) in [5.41, 5.74) is 0.906. The van der Waals surface area contributed by atoms with Gasteiger partial charge in [-0.15, -0.1) is 0 Å². The van der Waals surface area contributed by atoms with Crippen LogP contribution in [0.5, 0.6) is 5.75 Å². The Morgan fingerprint density at radius 2 is 1.61 bits per heavy atom. The molecule has 2 N–H and O–H groups in total. The number of carbonyl (C=O) groups excluding carboxylic acids is 3. The van der Waals surface area contributed by atoms with Crippen molar-refractivity contribution in [3.8, 4) is 5.75 Å². The molecule has 2 aromatic rings. The van der Waals surface area contributed by atoms with E-state index in [1.165, 1.54) is 24.3 Å². The number of amides is 1. The first-order valence-corrected chi connectivity index (χ1v) is 8.12. The summed E-state index contributed by atoms with van der Waals surface area (Å²) in [5.74, 6) is -2.19. The smallest absolute Gasteiger partial charge is 0.478 e. The standard InChI is InChI=1S/C20H17NO7/c1-2-17(22)21-12-16(19(24)25)28-20(26)27-15-10-8-14(9-11-15)18(23)13-6-4-3-5-7-13/h2-11,16H,1,12H2,(H,21,22)(H,24,25). The molecule has 0 spiro atoms. The molecule has 1 atom stereocenters. The molecule has 0 bridgehead atoms. The molecule has 0 saturated carbocycles. The van der Waals surface area contributed by atoms with Gasteiger partial charge in [-0.1, -0.05) is 36.9 Å². The van der Waals surface area contributed by atoms with Crippen LogP contribution in [0.15, 0.2) is 67.3 Å². The second-order valence-corrected chi connectivity index (χ2v) is 5.47. The molecule has 0 saturated heterocycles. The number of carboxylic acid groups (broad SMARTS) is 1. The first kappa shape index (κ1) is 20.4. The van der Waals surface area contributed by atoms with Crippen LogP contribution < -0.4 is 10.1 Å². The Hall–Kier alpha value is -3.94. The minimum absolute atomic E-state index is 0.0638. The quantitative estimate of drug-likeness (QED) is 0.310. The van der Waals surface area contributed by atoms with E-state index in [9.17, 15) is 19.2 Å². The van der Waals surface area contributed by atoms with Crippen molar-refractivity contribution in [1.82, 2.24) is 5.32 Å². The molecule has 0 heterocycles. The van der Waals surface area contributed by atoms with Crippen molar-refractivity contribution in [3.63, 3.8) is 0 Å². The molecule has 2 rings (SSSR count). The van der Waals surface area contributed by atoms with E-state index in [1.54, 1.807) is 30.3 Å². The van der Waals surface area contributed by atoms with E-state index >= 15 is 0 Å². The lowest BCUT2D eigenvalue weighted by molar-refractivity contribution is -0.147. The Morgan fingerprint density at radius 3 is 2.18 bits per heavy atom. The van der Waals surface area contributed by atoms with Gasteiger partial charge in [-0.25, -0.2) is 9.59 Å². The molecule has 1 unspecified atom stereocenters. The Labute approximate surface area is 160 Å². The summed E-state index contributed by atoms with van der Waals surface area (Å²) in [5, 5.41) is 11.2. The van der Waals surface area contributed by atoms with Gasteiger partial charge in [-0.05, 0) is 30.3 Å². The largest absolute Gasteiger partial charge is 0.514 e. The van der Waals surface area contributed by atoms with Gasteiger partial charge < -0.3 is 19.9 Å². The number of carbonyl (C=O) groups is 4. The van der Waals surface area contributed by atoms with Crippen molar-refractivity contribution < 1.29 is 33.8 Å². The second-order valence-electron chi connectivity index (χ2n) is 5.47. The minimum atomic E-state index is -1.63. The van der Waals surface area contributed by atoms with Gasteiger partial charge in [0.15, 0.2) is 5.78 Å². The van der Waals surface area contributed by atoms with Gasteiger partial charge in [0.1, 0.15) is 5.75 Å². The van der Waals surface area contributed by atoms with Crippen molar-refractivity contribution in [1.29, 1.82) is 0 Å². The van der Waals surface area contributed by atoms with Crippen LogP contribution in [0.2, 0.25) is 0 Å². The van der Waals surface area contributed by atoms with Crippen LogP contribution in [0.1, 0.15) is 15.9 Å². The highest BCUT2D eigenvalue weighted by Crippen LogP contribution is 2.16. The Kier molecular flexibility index (Phi) is 7.04. The molecule has 0 aliphatic heterocycles. The maximum atomic E-state index is 12.3. The summed E-state index contributed by atoms with van der Waals surface area (Å²) in [7, 11) is 0. The molecule has 8 nitrogen and oxygen atoms in total. The first-order chi connectivity index (χ1) is 13.4. The number of ketones is 1. The monoisotopic (exact) mass is 383 g/mol. The predicted molar refractivity (Wildman–Crippen MR) is 98.1 cm³/mol. The third-order valence-corrected chi connectivity index (χ3v) is 3.51. The molecule has 8 heteroatoms. The average Bonchev–Trinajstić information content (AvgIpc) is 2.71. The fraction of sp³-hybridized carbons (Fsp3) is 0.100. The maximum Gasteiger partial charge on any atom is 0.514 e. The number of benzene rings is 2. The van der Waals surface area contributed by atoms with Gasteiger partial charge in [0.25, 0.3) is 0 Å². The lowest BCUT2D eigenvalue weighted by Crippen LogP contribution is -2.39. The van der Waals surface area contributed by atoms with Gasteiger partial charge in [0.05, 0.1) is 6.54 Å². The maximum absolute atomic E-state index is 12.3. The van der Waals surface area contributed by atoms with Crippen molar-refractivity contribution in [2.45, 2.75) is 6.10 Å². The molecule has 2 aromatic carbocycles. The molecule has 0 aliphatic carbocycles. The third-order valence-electron chi connectivity index (χ3n) is 3.51. The Morgan fingerprint density at radius 1 is 1.00 bits per heavy atom. The van der Waals surface area contributed by atoms with Crippen molar-refractivity contribution in [2.24, 2.45) is 0 Å². The van der Waals surface area contributed by atoms with Crippen molar-refractivity contribution >= 4 is 23.8 Å². The van der Waals surface area contributed by atoms with Crippen LogP contribution in [-0.2, 0) is 14.3 Å². The molecule has 0 fully saturated rings. The van der Waals surface area contributed by atoms with Crippen LogP contribution in [0.25, 0.3) is 0 Å². The van der Waals surface area contributed by atoms with Crippen LogP contribution in [0.4, 0.5) is 4.79 Å². The zero-order valence-electron chi connectivity index (χ0n) is 14.7. The van der Waals surface area contributed by atoms with Crippen LogP contribution >= 0.6 is 0 Å². The molecule has 144 valence electrons. The highest BCUT2D eigenvalue weighted by Gasteiger charge is 2.24. The fourth-order valence-corrected chi connectivity index (χ4v) is 2.11. The molecular weight excluding hydrogens is 366 g/mol. The van der Waals surface area contributed by atoms with E-state index in [-0.39, 0.29) is 11.5 Å². The number of carboxylic acids is 1. The number of aliphatic carboxylic acids is 1. The van der Waals surface area contributed by atoms with E-state index in [0.717, 1.165) is 6.08 Å². The van der Waals surface area contributed by atoms with E-state index in [0.29, 0.717) is 11.1 Å². The van der Waals surface area contributed by atoms with Gasteiger partial charge in [0.2, 0.25) is 12.0 Å². The van der Waals surface area contributed by atoms with Gasteiger partial charge in [-0.2, -0.15) is 0 Å². The Bertz CT molecular complexity index is 875. The molecule has 0 aromatic heterocycles. The van der Waals surface area contributed by atoms with Crippen molar-refractivity contribution in [3.05, 3.63) is 78.4 Å². The van der Waals surface area contributed by atoms with Crippen LogP contribution in [0.3, 0.4) is 0 Å². The van der Waals surface area contributed by atoms with Crippen LogP contribution in [-0.4, -0.2) is 41.6 Å². The van der Waals surface area contributed by atoms with E-state index in [2.05, 4.69) is 16.6 Å². The SMILES string of the molecule is C=CC(=O)NCC(OC(=O)Oc1ccc(C(=O)c2ccccc2)cc1)C(=O)O. The first-order valence-electron chi connectivity index (χ1n) is 8.12. The summed E-state index contributed by atoms with van der Waals surface area (Å²) in [6.45, 7) is 2.78. The number of hydrogen-bond donors (Lipinski definition) is 2. The van der Waals surface area contributed by atoms with Crippen LogP contribution in [0, 0.1) is 0 Å². The fourth-order valence-electron chi connectivity index (χ4n) is 2.11.